The molecule has 0 aromatic heterocycles. The van der Waals surface area contributed by atoms with E-state index < -0.39 is 20.6 Å². The maximum Gasteiger partial charge on any atom is 0.148 e. The van der Waals surface area contributed by atoms with Gasteiger partial charge in [-0.15, -0.1) is 0 Å². The standard InChI is InChI=1S/C11H17NO3S2/c1-17(14,15)7-6-16(13)9-11-4-2-10(8-12)3-5-11/h2-5H,6-9,12H2,1H3. The first kappa shape index (κ1) is 14.3. The quantitative estimate of drug-likeness (QED) is 0.817. The van der Waals surface area contributed by atoms with Gasteiger partial charge in [-0.25, -0.2) is 8.42 Å². The van der Waals surface area contributed by atoms with E-state index in [0.29, 0.717) is 12.3 Å². The van der Waals surface area contributed by atoms with E-state index in [-0.39, 0.29) is 11.5 Å². The van der Waals surface area contributed by atoms with Gasteiger partial charge in [0.1, 0.15) is 9.84 Å². The summed E-state index contributed by atoms with van der Waals surface area (Å²) in [6.45, 7) is 0.484. The van der Waals surface area contributed by atoms with Crippen molar-refractivity contribution in [3.63, 3.8) is 0 Å². The Balaban J connectivity index is 2.50. The zero-order chi connectivity index (χ0) is 12.9. The summed E-state index contributed by atoms with van der Waals surface area (Å²) in [5, 5.41) is 0. The molecule has 4 nitrogen and oxygen atoms in total. The molecule has 1 rings (SSSR count). The fourth-order valence-electron chi connectivity index (χ4n) is 1.27. The summed E-state index contributed by atoms with van der Waals surface area (Å²) < 4.78 is 33.5. The van der Waals surface area contributed by atoms with Gasteiger partial charge in [0.2, 0.25) is 0 Å². The van der Waals surface area contributed by atoms with E-state index in [1.807, 2.05) is 24.3 Å². The lowest BCUT2D eigenvalue weighted by Crippen LogP contribution is -2.12. The summed E-state index contributed by atoms with van der Waals surface area (Å²) in [5.41, 5.74) is 7.43. The van der Waals surface area contributed by atoms with Crippen molar-refractivity contribution in [2.75, 3.05) is 17.8 Å². The number of rotatable bonds is 6. The molecule has 1 aromatic rings. The molecule has 0 aliphatic heterocycles. The lowest BCUT2D eigenvalue weighted by Gasteiger charge is -2.03. The summed E-state index contributed by atoms with van der Waals surface area (Å²) in [5.74, 6) is 0.554. The number of benzene rings is 1. The van der Waals surface area contributed by atoms with Crippen LogP contribution in [0.25, 0.3) is 0 Å². The topological polar surface area (TPSA) is 77.2 Å². The second-order valence-electron chi connectivity index (χ2n) is 3.94. The highest BCUT2D eigenvalue weighted by molar-refractivity contribution is 7.92. The third-order valence-electron chi connectivity index (χ3n) is 2.27. The molecule has 0 bridgehead atoms. The van der Waals surface area contributed by atoms with Crippen LogP contribution >= 0.6 is 0 Å². The first-order valence-corrected chi connectivity index (χ1v) is 8.76. The second-order valence-corrected chi connectivity index (χ2v) is 7.78. The van der Waals surface area contributed by atoms with Crippen molar-refractivity contribution in [1.29, 1.82) is 0 Å². The van der Waals surface area contributed by atoms with Gasteiger partial charge in [0, 0.05) is 35.1 Å². The van der Waals surface area contributed by atoms with Gasteiger partial charge in [0.25, 0.3) is 0 Å². The Morgan fingerprint density at radius 1 is 1.18 bits per heavy atom. The Labute approximate surface area is 105 Å². The van der Waals surface area contributed by atoms with Crippen LogP contribution in [0.15, 0.2) is 24.3 Å². The molecule has 0 saturated carbocycles. The molecule has 0 radical (unpaired) electrons. The minimum Gasteiger partial charge on any atom is -0.326 e. The minimum absolute atomic E-state index is 0.0273. The third-order valence-corrected chi connectivity index (χ3v) is 4.79. The Kier molecular flexibility index (Phi) is 5.30. The normalized spacial score (nSPS) is 13.5. The maximum atomic E-state index is 11.6. The Morgan fingerprint density at radius 3 is 2.18 bits per heavy atom. The van der Waals surface area contributed by atoms with E-state index in [9.17, 15) is 12.6 Å². The van der Waals surface area contributed by atoms with Crippen molar-refractivity contribution >= 4 is 20.6 Å². The molecule has 0 aliphatic rings. The molecule has 0 saturated heterocycles. The van der Waals surface area contributed by atoms with E-state index in [2.05, 4.69) is 0 Å². The second kappa shape index (κ2) is 6.28. The molecular weight excluding hydrogens is 258 g/mol. The average Bonchev–Trinajstić information content (AvgIpc) is 2.27. The molecule has 96 valence electrons. The van der Waals surface area contributed by atoms with E-state index in [1.165, 1.54) is 0 Å². The third kappa shape index (κ3) is 5.95. The molecule has 2 N–H and O–H groups in total. The van der Waals surface area contributed by atoms with Crippen LogP contribution in [0.3, 0.4) is 0 Å². The van der Waals surface area contributed by atoms with E-state index in [4.69, 9.17) is 5.73 Å². The molecular formula is C11H17NO3S2. The highest BCUT2D eigenvalue weighted by Gasteiger charge is 2.07. The van der Waals surface area contributed by atoms with Crippen molar-refractivity contribution in [2.45, 2.75) is 12.3 Å². The van der Waals surface area contributed by atoms with Crippen molar-refractivity contribution in [1.82, 2.24) is 0 Å². The van der Waals surface area contributed by atoms with E-state index in [1.54, 1.807) is 0 Å². The van der Waals surface area contributed by atoms with Crippen molar-refractivity contribution in [3.8, 4) is 0 Å². The smallest absolute Gasteiger partial charge is 0.148 e. The zero-order valence-corrected chi connectivity index (χ0v) is 11.4. The number of nitrogens with two attached hydrogens (primary N) is 1. The van der Waals surface area contributed by atoms with Crippen molar-refractivity contribution < 1.29 is 12.6 Å². The van der Waals surface area contributed by atoms with Crippen LogP contribution in [0, 0.1) is 0 Å². The van der Waals surface area contributed by atoms with Gasteiger partial charge >= 0.3 is 0 Å². The first-order chi connectivity index (χ1) is 7.90. The zero-order valence-electron chi connectivity index (χ0n) is 9.76. The summed E-state index contributed by atoms with van der Waals surface area (Å²) in [6.07, 6.45) is 1.15. The summed E-state index contributed by atoms with van der Waals surface area (Å²) in [7, 11) is -4.17. The van der Waals surface area contributed by atoms with Crippen LogP contribution < -0.4 is 5.73 Å². The predicted octanol–water partition coefficient (Wildman–Crippen LogP) is 0.439. The first-order valence-electron chi connectivity index (χ1n) is 5.21. The molecule has 0 fully saturated rings. The van der Waals surface area contributed by atoms with Gasteiger partial charge < -0.3 is 5.73 Å². The molecule has 1 aromatic carbocycles. The number of hydrogen-bond donors (Lipinski definition) is 1. The van der Waals surface area contributed by atoms with Crippen LogP contribution in [0.2, 0.25) is 0 Å². The van der Waals surface area contributed by atoms with Crippen LogP contribution in [0.1, 0.15) is 11.1 Å². The number of hydrogen-bond acceptors (Lipinski definition) is 4. The van der Waals surface area contributed by atoms with Crippen LogP contribution in [-0.4, -0.2) is 30.4 Å². The molecule has 6 heteroatoms. The van der Waals surface area contributed by atoms with E-state index in [0.717, 1.165) is 17.4 Å². The van der Waals surface area contributed by atoms with E-state index >= 15 is 0 Å². The summed E-state index contributed by atoms with van der Waals surface area (Å²) in [6, 6.07) is 7.53. The minimum atomic E-state index is -3.03. The molecule has 0 amide bonds. The van der Waals surface area contributed by atoms with Crippen LogP contribution in [0.5, 0.6) is 0 Å². The Hall–Kier alpha value is -0.720. The number of sulfone groups is 1. The largest absolute Gasteiger partial charge is 0.326 e. The average molecular weight is 275 g/mol. The predicted molar refractivity (Wildman–Crippen MR) is 70.8 cm³/mol. The maximum absolute atomic E-state index is 11.6. The van der Waals surface area contributed by atoms with Gasteiger partial charge in [0.15, 0.2) is 0 Å². The van der Waals surface area contributed by atoms with Gasteiger partial charge in [0.05, 0.1) is 5.75 Å². The monoisotopic (exact) mass is 275 g/mol. The lowest BCUT2D eigenvalue weighted by atomic mass is 10.1. The van der Waals surface area contributed by atoms with Crippen molar-refractivity contribution in [3.05, 3.63) is 35.4 Å². The van der Waals surface area contributed by atoms with Gasteiger partial charge in [-0.3, -0.25) is 4.21 Å². The Morgan fingerprint density at radius 2 is 1.71 bits per heavy atom. The van der Waals surface area contributed by atoms with Crippen LogP contribution in [-0.2, 0) is 32.9 Å². The van der Waals surface area contributed by atoms with Crippen molar-refractivity contribution in [2.24, 2.45) is 5.73 Å². The Bertz CT molecular complexity index is 480. The molecule has 1 unspecified atom stereocenters. The lowest BCUT2D eigenvalue weighted by molar-refractivity contribution is 0.602. The fourth-order valence-corrected chi connectivity index (χ4v) is 3.94. The highest BCUT2D eigenvalue weighted by atomic mass is 32.2. The molecule has 0 aliphatic carbocycles. The van der Waals surface area contributed by atoms with Gasteiger partial charge in [-0.05, 0) is 11.1 Å². The van der Waals surface area contributed by atoms with Crippen LogP contribution in [0.4, 0.5) is 0 Å². The van der Waals surface area contributed by atoms with Gasteiger partial charge in [-0.2, -0.15) is 0 Å². The molecule has 1 atom stereocenters. The SMILES string of the molecule is CS(=O)(=O)CCS(=O)Cc1ccc(CN)cc1. The fraction of sp³-hybridized carbons (Fsp3) is 0.455. The summed E-state index contributed by atoms with van der Waals surface area (Å²) >= 11 is 0. The molecule has 17 heavy (non-hydrogen) atoms. The highest BCUT2D eigenvalue weighted by Crippen LogP contribution is 2.07. The molecule has 0 heterocycles. The van der Waals surface area contributed by atoms with Gasteiger partial charge in [-0.1, -0.05) is 24.3 Å². The summed E-state index contributed by atoms with van der Waals surface area (Å²) in [4.78, 5) is 0. The molecule has 0 spiro atoms.